The van der Waals surface area contributed by atoms with E-state index in [1.54, 1.807) is 60.7 Å². The first kappa shape index (κ1) is 25.4. The fourth-order valence-electron chi connectivity index (χ4n) is 3.58. The number of esters is 1. The fraction of sp³-hybridized carbons (Fsp3) is 0.0690. The largest absolute Gasteiger partial charge is 0.465 e. The van der Waals surface area contributed by atoms with Crippen molar-refractivity contribution in [3.05, 3.63) is 118 Å². The van der Waals surface area contributed by atoms with Gasteiger partial charge >= 0.3 is 5.97 Å². The molecule has 0 radical (unpaired) electrons. The summed E-state index contributed by atoms with van der Waals surface area (Å²) in [5.41, 5.74) is 3.09. The Morgan fingerprint density at radius 2 is 1.68 bits per heavy atom. The Morgan fingerprint density at radius 3 is 2.35 bits per heavy atom. The molecule has 0 bridgehead atoms. The third-order valence-corrected chi connectivity index (χ3v) is 5.67. The minimum Gasteiger partial charge on any atom is -0.465 e. The molecular weight excluding hydrogens is 495 g/mol. The van der Waals surface area contributed by atoms with Gasteiger partial charge in [0.25, 0.3) is 5.91 Å². The topological polar surface area (TPSA) is 88.4 Å². The zero-order chi connectivity index (χ0) is 26.4. The summed E-state index contributed by atoms with van der Waals surface area (Å²) in [6.07, 6.45) is 0. The molecule has 37 heavy (non-hydrogen) atoms. The number of amides is 1. The van der Waals surface area contributed by atoms with Gasteiger partial charge in [-0.3, -0.25) is 4.79 Å². The Labute approximate surface area is 217 Å². The number of carbonyl (C=O) groups is 2. The molecule has 1 N–H and O–H groups in total. The smallest absolute Gasteiger partial charge is 0.337 e. The molecule has 6 nitrogen and oxygen atoms in total. The van der Waals surface area contributed by atoms with Crippen molar-refractivity contribution in [1.82, 2.24) is 5.32 Å². The number of hydrogen-bond acceptors (Lipinski definition) is 5. The van der Waals surface area contributed by atoms with E-state index in [2.05, 4.69) is 11.4 Å². The Morgan fingerprint density at radius 1 is 0.946 bits per heavy atom. The van der Waals surface area contributed by atoms with Crippen LogP contribution in [0.2, 0.25) is 5.02 Å². The summed E-state index contributed by atoms with van der Waals surface area (Å²) in [5.74, 6) is -0.658. The maximum Gasteiger partial charge on any atom is 0.337 e. The first-order valence-corrected chi connectivity index (χ1v) is 11.5. The number of ether oxygens (including phenoxy) is 2. The molecule has 0 unspecified atom stereocenters. The number of benzene rings is 4. The van der Waals surface area contributed by atoms with Crippen molar-refractivity contribution >= 4 is 23.5 Å². The van der Waals surface area contributed by atoms with Gasteiger partial charge < -0.3 is 14.8 Å². The monoisotopic (exact) mass is 514 g/mol. The second kappa shape index (κ2) is 11.4. The number of nitrogens with zero attached hydrogens (tertiary/aromatic N) is 1. The zero-order valence-electron chi connectivity index (χ0n) is 19.6. The third kappa shape index (κ3) is 6.31. The summed E-state index contributed by atoms with van der Waals surface area (Å²) >= 11 is 6.18. The van der Waals surface area contributed by atoms with E-state index in [-0.39, 0.29) is 17.9 Å². The number of halogens is 2. The Hall–Kier alpha value is -4.67. The zero-order valence-corrected chi connectivity index (χ0v) is 20.4. The molecule has 0 fully saturated rings. The SMILES string of the molecule is COC(=O)c1ccc(CNC(=O)c2cc(-c3cc(Cl)cc(C#N)c3)ccc2Oc2ccc(F)cc2)cc1. The molecule has 8 heteroatoms. The van der Waals surface area contributed by atoms with Gasteiger partial charge in [-0.05, 0) is 83.4 Å². The summed E-state index contributed by atoms with van der Waals surface area (Å²) in [7, 11) is 1.31. The molecule has 184 valence electrons. The summed E-state index contributed by atoms with van der Waals surface area (Å²) in [6, 6.07) is 24.1. The molecule has 0 aliphatic heterocycles. The van der Waals surface area contributed by atoms with Gasteiger partial charge in [0.2, 0.25) is 0 Å². The van der Waals surface area contributed by atoms with Gasteiger partial charge in [0.1, 0.15) is 17.3 Å². The second-order valence-electron chi connectivity index (χ2n) is 7.98. The lowest BCUT2D eigenvalue weighted by Crippen LogP contribution is -2.23. The van der Waals surface area contributed by atoms with Crippen LogP contribution in [0.25, 0.3) is 11.1 Å². The minimum atomic E-state index is -0.449. The Balaban J connectivity index is 1.64. The normalized spacial score (nSPS) is 10.3. The quantitative estimate of drug-likeness (QED) is 0.283. The lowest BCUT2D eigenvalue weighted by Gasteiger charge is -2.14. The summed E-state index contributed by atoms with van der Waals surface area (Å²) in [4.78, 5) is 24.9. The highest BCUT2D eigenvalue weighted by atomic mass is 35.5. The van der Waals surface area contributed by atoms with Crippen molar-refractivity contribution in [3.8, 4) is 28.7 Å². The Kier molecular flexibility index (Phi) is 7.82. The van der Waals surface area contributed by atoms with Crippen molar-refractivity contribution < 1.29 is 23.5 Å². The van der Waals surface area contributed by atoms with E-state index in [0.717, 1.165) is 5.56 Å². The lowest BCUT2D eigenvalue weighted by atomic mass is 10.00. The van der Waals surface area contributed by atoms with E-state index in [4.69, 9.17) is 21.1 Å². The summed E-state index contributed by atoms with van der Waals surface area (Å²) in [5, 5.41) is 12.5. The van der Waals surface area contributed by atoms with E-state index in [1.807, 2.05) is 0 Å². The van der Waals surface area contributed by atoms with Gasteiger partial charge in [-0.15, -0.1) is 0 Å². The standard InChI is InChI=1S/C29H20ClFN2O4/c1-36-29(35)20-4-2-18(3-5-20)17-33-28(34)26-15-21(22-12-19(16-32)13-23(30)14-22)6-11-27(26)37-25-9-7-24(31)8-10-25/h2-15H,17H2,1H3,(H,33,34). The van der Waals surface area contributed by atoms with Crippen LogP contribution < -0.4 is 10.1 Å². The van der Waals surface area contributed by atoms with Gasteiger partial charge in [-0.1, -0.05) is 29.8 Å². The van der Waals surface area contributed by atoms with E-state index in [9.17, 15) is 19.2 Å². The van der Waals surface area contributed by atoms with Crippen molar-refractivity contribution in [2.24, 2.45) is 0 Å². The molecule has 0 saturated heterocycles. The van der Waals surface area contributed by atoms with Gasteiger partial charge in [0.05, 0.1) is 29.9 Å². The number of methoxy groups -OCH3 is 1. The third-order valence-electron chi connectivity index (χ3n) is 5.45. The van der Waals surface area contributed by atoms with Crippen molar-refractivity contribution in [3.63, 3.8) is 0 Å². The molecule has 0 saturated carbocycles. The van der Waals surface area contributed by atoms with Gasteiger partial charge in [-0.25, -0.2) is 9.18 Å². The maximum atomic E-state index is 13.3. The number of hydrogen-bond donors (Lipinski definition) is 1. The second-order valence-corrected chi connectivity index (χ2v) is 8.41. The van der Waals surface area contributed by atoms with E-state index < -0.39 is 17.7 Å². The molecular formula is C29H20ClFN2O4. The predicted octanol–water partition coefficient (Wildman–Crippen LogP) is 6.53. The highest BCUT2D eigenvalue weighted by molar-refractivity contribution is 6.31. The number of rotatable bonds is 7. The molecule has 0 aliphatic carbocycles. The Bertz CT molecular complexity index is 1500. The molecule has 4 aromatic rings. The first-order chi connectivity index (χ1) is 17.9. The molecule has 0 aliphatic rings. The molecule has 4 rings (SSSR count). The van der Waals surface area contributed by atoms with Crippen LogP contribution in [-0.2, 0) is 11.3 Å². The molecule has 1 amide bonds. The predicted molar refractivity (Wildman–Crippen MR) is 137 cm³/mol. The van der Waals surface area contributed by atoms with Crippen LogP contribution in [-0.4, -0.2) is 19.0 Å². The van der Waals surface area contributed by atoms with E-state index in [0.29, 0.717) is 33.0 Å². The van der Waals surface area contributed by atoms with E-state index >= 15 is 0 Å². The van der Waals surface area contributed by atoms with Gasteiger partial charge in [0.15, 0.2) is 0 Å². The molecule has 0 aromatic heterocycles. The summed E-state index contributed by atoms with van der Waals surface area (Å²) < 4.78 is 23.9. The minimum absolute atomic E-state index is 0.191. The highest BCUT2D eigenvalue weighted by Gasteiger charge is 2.16. The van der Waals surface area contributed by atoms with Crippen LogP contribution in [0.5, 0.6) is 11.5 Å². The fourth-order valence-corrected chi connectivity index (χ4v) is 3.82. The average molecular weight is 515 g/mol. The van der Waals surface area contributed by atoms with Crippen LogP contribution in [0, 0.1) is 17.1 Å². The van der Waals surface area contributed by atoms with Crippen molar-refractivity contribution in [1.29, 1.82) is 5.26 Å². The average Bonchev–Trinajstić information content (AvgIpc) is 2.92. The number of nitriles is 1. The van der Waals surface area contributed by atoms with Crippen LogP contribution in [0.4, 0.5) is 4.39 Å². The van der Waals surface area contributed by atoms with Crippen LogP contribution in [0.1, 0.15) is 31.8 Å². The van der Waals surface area contributed by atoms with Crippen LogP contribution in [0.15, 0.2) is 84.9 Å². The highest BCUT2D eigenvalue weighted by Crippen LogP contribution is 2.32. The van der Waals surface area contributed by atoms with E-state index in [1.165, 1.54) is 31.4 Å². The molecule has 0 spiro atoms. The van der Waals surface area contributed by atoms with Gasteiger partial charge in [-0.2, -0.15) is 5.26 Å². The van der Waals surface area contributed by atoms with Crippen molar-refractivity contribution in [2.45, 2.75) is 6.54 Å². The van der Waals surface area contributed by atoms with Crippen LogP contribution >= 0.6 is 11.6 Å². The first-order valence-electron chi connectivity index (χ1n) is 11.1. The summed E-state index contributed by atoms with van der Waals surface area (Å²) in [6.45, 7) is 0.191. The number of nitrogens with one attached hydrogen (secondary N) is 1. The lowest BCUT2D eigenvalue weighted by molar-refractivity contribution is 0.0600. The van der Waals surface area contributed by atoms with Crippen molar-refractivity contribution in [2.75, 3.05) is 7.11 Å². The van der Waals surface area contributed by atoms with Gasteiger partial charge in [0, 0.05) is 11.6 Å². The maximum absolute atomic E-state index is 13.3. The molecule has 0 atom stereocenters. The molecule has 4 aromatic carbocycles. The number of carbonyl (C=O) groups excluding carboxylic acids is 2. The molecule has 0 heterocycles. The van der Waals surface area contributed by atoms with Crippen LogP contribution in [0.3, 0.4) is 0 Å².